The van der Waals surface area contributed by atoms with Gasteiger partial charge in [-0.1, -0.05) is 13.8 Å². The molecule has 1 aromatic rings. The first kappa shape index (κ1) is 22.4. The largest absolute Gasteiger partial charge is 0.363 e. The third-order valence-electron chi connectivity index (χ3n) is 6.21. The van der Waals surface area contributed by atoms with E-state index in [2.05, 4.69) is 70.7 Å². The number of hydrogen-bond donors (Lipinski definition) is 2. The van der Waals surface area contributed by atoms with Crippen molar-refractivity contribution < 1.29 is 0 Å². The predicted molar refractivity (Wildman–Crippen MR) is 126 cm³/mol. The van der Waals surface area contributed by atoms with Gasteiger partial charge < -0.3 is 20.4 Å². The zero-order chi connectivity index (χ0) is 20.6. The van der Waals surface area contributed by atoms with Crippen LogP contribution in [0.4, 0.5) is 5.00 Å². The molecule has 7 heteroatoms. The molecule has 3 heterocycles. The van der Waals surface area contributed by atoms with Gasteiger partial charge in [0, 0.05) is 57.9 Å². The average molecular weight is 421 g/mol. The van der Waals surface area contributed by atoms with E-state index in [-0.39, 0.29) is 0 Å². The molecule has 0 aromatic carbocycles. The van der Waals surface area contributed by atoms with Crippen LogP contribution in [-0.4, -0.2) is 87.2 Å². The number of piperazine rings is 1. The van der Waals surface area contributed by atoms with E-state index in [1.165, 1.54) is 5.00 Å². The van der Waals surface area contributed by atoms with Crippen molar-refractivity contribution >= 4 is 22.3 Å². The smallest absolute Gasteiger partial charge is 0.191 e. The minimum absolute atomic E-state index is 0.505. The SMILES string of the molecule is CCNC(=NCC(C(C)C)N1CCN(C)CC1)NC1CCN(c2cccs2)CC1. The quantitative estimate of drug-likeness (QED) is 0.524. The molecule has 0 aliphatic carbocycles. The van der Waals surface area contributed by atoms with Crippen molar-refractivity contribution in [2.45, 2.75) is 45.7 Å². The van der Waals surface area contributed by atoms with Gasteiger partial charge in [0.15, 0.2) is 5.96 Å². The summed E-state index contributed by atoms with van der Waals surface area (Å²) >= 11 is 1.84. The lowest BCUT2D eigenvalue weighted by atomic mass is 10.0. The summed E-state index contributed by atoms with van der Waals surface area (Å²) in [5.74, 6) is 1.60. The Morgan fingerprint density at radius 3 is 2.48 bits per heavy atom. The maximum atomic E-state index is 5.02. The van der Waals surface area contributed by atoms with Crippen LogP contribution >= 0.6 is 11.3 Å². The second kappa shape index (κ2) is 11.2. The zero-order valence-corrected chi connectivity index (χ0v) is 19.5. The maximum absolute atomic E-state index is 5.02. The molecule has 0 saturated carbocycles. The number of anilines is 1. The molecule has 1 atom stereocenters. The fourth-order valence-corrected chi connectivity index (χ4v) is 5.08. The number of nitrogens with zero attached hydrogens (tertiary/aromatic N) is 4. The predicted octanol–water partition coefficient (Wildman–Crippen LogP) is 2.54. The Morgan fingerprint density at radius 1 is 1.17 bits per heavy atom. The van der Waals surface area contributed by atoms with Crippen LogP contribution in [-0.2, 0) is 0 Å². The summed E-state index contributed by atoms with van der Waals surface area (Å²) in [7, 11) is 2.22. The van der Waals surface area contributed by atoms with Crippen LogP contribution in [0.25, 0.3) is 0 Å². The van der Waals surface area contributed by atoms with Gasteiger partial charge >= 0.3 is 0 Å². The minimum Gasteiger partial charge on any atom is -0.363 e. The molecule has 3 rings (SSSR count). The molecule has 164 valence electrons. The molecule has 0 spiro atoms. The van der Waals surface area contributed by atoms with Crippen LogP contribution in [0, 0.1) is 5.92 Å². The maximum Gasteiger partial charge on any atom is 0.191 e. The van der Waals surface area contributed by atoms with Crippen LogP contribution in [0.2, 0.25) is 0 Å². The van der Waals surface area contributed by atoms with Gasteiger partial charge in [0.25, 0.3) is 0 Å². The van der Waals surface area contributed by atoms with Crippen molar-refractivity contribution in [3.05, 3.63) is 17.5 Å². The van der Waals surface area contributed by atoms with Crippen LogP contribution < -0.4 is 15.5 Å². The van der Waals surface area contributed by atoms with Crippen LogP contribution in [0.5, 0.6) is 0 Å². The second-order valence-corrected chi connectivity index (χ2v) is 9.65. The highest BCUT2D eigenvalue weighted by molar-refractivity contribution is 7.14. The summed E-state index contributed by atoms with van der Waals surface area (Å²) in [5, 5.41) is 10.8. The monoisotopic (exact) mass is 420 g/mol. The molecular weight excluding hydrogens is 380 g/mol. The van der Waals surface area contributed by atoms with Crippen LogP contribution in [0.15, 0.2) is 22.5 Å². The summed E-state index contributed by atoms with van der Waals surface area (Å²) in [6.07, 6.45) is 2.32. The van der Waals surface area contributed by atoms with Gasteiger partial charge in [0.2, 0.25) is 0 Å². The van der Waals surface area contributed by atoms with Crippen LogP contribution in [0.3, 0.4) is 0 Å². The van der Waals surface area contributed by atoms with Gasteiger partial charge in [0.05, 0.1) is 11.5 Å². The summed E-state index contributed by atoms with van der Waals surface area (Å²) in [6, 6.07) is 5.39. The number of aliphatic imine (C=N–C) groups is 1. The zero-order valence-electron chi connectivity index (χ0n) is 18.7. The standard InChI is InChI=1S/C22H40N6S/c1-5-23-22(24-17-20(18(2)3)27-14-12-26(4)13-15-27)25-19-8-10-28(11-9-19)21-7-6-16-29-21/h6-7,16,18-20H,5,8-15,17H2,1-4H3,(H2,23,24,25). The molecule has 2 aliphatic rings. The van der Waals surface area contributed by atoms with Crippen molar-refractivity contribution in [3.63, 3.8) is 0 Å². The molecule has 0 bridgehead atoms. The molecule has 0 radical (unpaired) electrons. The topological polar surface area (TPSA) is 46.1 Å². The number of thiophene rings is 1. The van der Waals surface area contributed by atoms with Crippen molar-refractivity contribution in [3.8, 4) is 0 Å². The third-order valence-corrected chi connectivity index (χ3v) is 7.14. The number of likely N-dealkylation sites (N-methyl/N-ethyl adjacent to an activating group) is 1. The fourth-order valence-electron chi connectivity index (χ4n) is 4.29. The van der Waals surface area contributed by atoms with Crippen LogP contribution in [0.1, 0.15) is 33.6 Å². The molecule has 2 fully saturated rings. The lowest BCUT2D eigenvalue weighted by Crippen LogP contribution is -2.52. The molecule has 2 aliphatic heterocycles. The Morgan fingerprint density at radius 2 is 1.90 bits per heavy atom. The lowest BCUT2D eigenvalue weighted by molar-refractivity contribution is 0.0925. The van der Waals surface area contributed by atoms with Gasteiger partial charge in [-0.15, -0.1) is 11.3 Å². The Bertz CT molecular complexity index is 601. The third kappa shape index (κ3) is 6.59. The summed E-state index contributed by atoms with van der Waals surface area (Å²) in [4.78, 5) is 12.6. The van der Waals surface area contributed by atoms with E-state index in [1.807, 2.05) is 11.3 Å². The molecule has 1 aromatic heterocycles. The molecule has 6 nitrogen and oxygen atoms in total. The van der Waals surface area contributed by atoms with Crippen molar-refractivity contribution in [2.75, 3.05) is 64.3 Å². The average Bonchev–Trinajstić information content (AvgIpc) is 3.25. The second-order valence-electron chi connectivity index (χ2n) is 8.73. The molecule has 29 heavy (non-hydrogen) atoms. The minimum atomic E-state index is 0.505. The fraction of sp³-hybridized carbons (Fsp3) is 0.773. The van der Waals surface area contributed by atoms with Crippen molar-refractivity contribution in [2.24, 2.45) is 10.9 Å². The number of piperidine rings is 1. The number of nitrogens with one attached hydrogen (secondary N) is 2. The Balaban J connectivity index is 1.53. The Labute approximate surface area is 181 Å². The summed E-state index contributed by atoms with van der Waals surface area (Å²) in [5.41, 5.74) is 0. The number of rotatable bonds is 7. The number of guanidine groups is 1. The molecular formula is C22H40N6S. The van der Waals surface area contributed by atoms with Crippen molar-refractivity contribution in [1.82, 2.24) is 20.4 Å². The van der Waals surface area contributed by atoms with E-state index in [0.717, 1.165) is 71.2 Å². The summed E-state index contributed by atoms with van der Waals surface area (Å²) < 4.78 is 0. The first-order valence-corrected chi connectivity index (χ1v) is 12.2. The van der Waals surface area contributed by atoms with Crippen molar-refractivity contribution in [1.29, 1.82) is 0 Å². The van der Waals surface area contributed by atoms with Gasteiger partial charge in [-0.3, -0.25) is 9.89 Å². The van der Waals surface area contributed by atoms with E-state index < -0.39 is 0 Å². The number of hydrogen-bond acceptors (Lipinski definition) is 5. The molecule has 2 saturated heterocycles. The first-order valence-electron chi connectivity index (χ1n) is 11.3. The van der Waals surface area contributed by atoms with Gasteiger partial charge in [0.1, 0.15) is 0 Å². The molecule has 2 N–H and O–H groups in total. The highest BCUT2D eigenvalue weighted by atomic mass is 32.1. The van der Waals surface area contributed by atoms with Gasteiger partial charge in [-0.05, 0) is 50.2 Å². The summed E-state index contributed by atoms with van der Waals surface area (Å²) in [6.45, 7) is 15.4. The Hall–Kier alpha value is -1.31. The highest BCUT2D eigenvalue weighted by Crippen LogP contribution is 2.24. The van der Waals surface area contributed by atoms with E-state index in [1.54, 1.807) is 0 Å². The van der Waals surface area contributed by atoms with Gasteiger partial charge in [-0.25, -0.2) is 0 Å². The molecule has 1 unspecified atom stereocenters. The molecule has 0 amide bonds. The van der Waals surface area contributed by atoms with E-state index in [0.29, 0.717) is 18.0 Å². The normalized spacial score (nSPS) is 21.6. The van der Waals surface area contributed by atoms with E-state index >= 15 is 0 Å². The highest BCUT2D eigenvalue weighted by Gasteiger charge is 2.25. The lowest BCUT2D eigenvalue weighted by Gasteiger charge is -2.39. The van der Waals surface area contributed by atoms with Gasteiger partial charge in [-0.2, -0.15) is 0 Å². The van der Waals surface area contributed by atoms with E-state index in [9.17, 15) is 0 Å². The van der Waals surface area contributed by atoms with E-state index in [4.69, 9.17) is 4.99 Å². The Kier molecular flexibility index (Phi) is 8.63. The first-order chi connectivity index (χ1) is 14.1.